The third-order valence-corrected chi connectivity index (χ3v) is 5.46. The van der Waals surface area contributed by atoms with Gasteiger partial charge in [0.05, 0.1) is 10.9 Å². The van der Waals surface area contributed by atoms with E-state index >= 15 is 0 Å². The maximum absolute atomic E-state index is 13.0. The summed E-state index contributed by atoms with van der Waals surface area (Å²) in [5, 5.41) is 0. The van der Waals surface area contributed by atoms with Crippen molar-refractivity contribution in [2.24, 2.45) is 0 Å². The highest BCUT2D eigenvalue weighted by Crippen LogP contribution is 2.30. The van der Waals surface area contributed by atoms with Crippen LogP contribution in [0.4, 0.5) is 0 Å². The van der Waals surface area contributed by atoms with Gasteiger partial charge in [0.15, 0.2) is 0 Å². The standard InChI is InChI=1S/C21H21NOS/c1-15-14-19(24-16(15)2)21(23)22(3)20(17-10-6-4-7-11-17)18-12-8-5-9-13-18/h4-14,20H,1-3H3. The van der Waals surface area contributed by atoms with E-state index in [0.29, 0.717) is 0 Å². The number of hydrogen-bond donors (Lipinski definition) is 0. The van der Waals surface area contributed by atoms with Crippen LogP contribution in [0, 0.1) is 13.8 Å². The summed E-state index contributed by atoms with van der Waals surface area (Å²) in [7, 11) is 1.89. The van der Waals surface area contributed by atoms with Gasteiger partial charge in [-0.05, 0) is 36.6 Å². The molecule has 0 radical (unpaired) electrons. The van der Waals surface area contributed by atoms with Crippen LogP contribution in [0.2, 0.25) is 0 Å². The van der Waals surface area contributed by atoms with Crippen LogP contribution >= 0.6 is 11.3 Å². The average molecular weight is 335 g/mol. The first-order chi connectivity index (χ1) is 11.6. The van der Waals surface area contributed by atoms with E-state index in [0.717, 1.165) is 16.0 Å². The van der Waals surface area contributed by atoms with Crippen molar-refractivity contribution in [3.63, 3.8) is 0 Å². The highest BCUT2D eigenvalue weighted by Gasteiger charge is 2.25. The Kier molecular flexibility index (Phi) is 4.81. The summed E-state index contributed by atoms with van der Waals surface area (Å²) < 4.78 is 0. The van der Waals surface area contributed by atoms with Gasteiger partial charge in [-0.2, -0.15) is 0 Å². The van der Waals surface area contributed by atoms with Crippen LogP contribution in [0.5, 0.6) is 0 Å². The van der Waals surface area contributed by atoms with Crippen LogP contribution < -0.4 is 0 Å². The predicted molar refractivity (Wildman–Crippen MR) is 101 cm³/mol. The fraction of sp³-hybridized carbons (Fsp3) is 0.190. The molecule has 0 N–H and O–H groups in total. The van der Waals surface area contributed by atoms with Gasteiger partial charge in [-0.3, -0.25) is 4.79 Å². The molecule has 0 spiro atoms. The van der Waals surface area contributed by atoms with Gasteiger partial charge in [0.2, 0.25) is 0 Å². The van der Waals surface area contributed by atoms with Crippen LogP contribution in [0.3, 0.4) is 0 Å². The molecule has 0 atom stereocenters. The molecule has 0 bridgehead atoms. The molecular formula is C21H21NOS. The number of aryl methyl sites for hydroxylation is 2. The number of carbonyl (C=O) groups excluding carboxylic acids is 1. The predicted octanol–water partition coefficient (Wildman–Crippen LogP) is 5.23. The van der Waals surface area contributed by atoms with Gasteiger partial charge in [-0.1, -0.05) is 60.7 Å². The zero-order chi connectivity index (χ0) is 17.1. The van der Waals surface area contributed by atoms with Gasteiger partial charge in [-0.15, -0.1) is 11.3 Å². The van der Waals surface area contributed by atoms with Gasteiger partial charge >= 0.3 is 0 Å². The zero-order valence-electron chi connectivity index (χ0n) is 14.2. The molecule has 24 heavy (non-hydrogen) atoms. The minimum absolute atomic E-state index is 0.0638. The minimum Gasteiger partial charge on any atom is -0.330 e. The number of rotatable bonds is 4. The summed E-state index contributed by atoms with van der Waals surface area (Å²) in [6.45, 7) is 4.11. The maximum atomic E-state index is 13.0. The number of carbonyl (C=O) groups is 1. The van der Waals surface area contributed by atoms with E-state index in [4.69, 9.17) is 0 Å². The second-order valence-electron chi connectivity index (χ2n) is 5.99. The van der Waals surface area contributed by atoms with Gasteiger partial charge in [-0.25, -0.2) is 0 Å². The van der Waals surface area contributed by atoms with E-state index in [9.17, 15) is 4.79 Å². The molecule has 0 fully saturated rings. The number of hydrogen-bond acceptors (Lipinski definition) is 2. The molecule has 0 aliphatic heterocycles. The van der Waals surface area contributed by atoms with Crippen LogP contribution in [0.1, 0.15) is 37.3 Å². The fourth-order valence-electron chi connectivity index (χ4n) is 2.88. The Morgan fingerprint density at radius 2 is 1.42 bits per heavy atom. The van der Waals surface area contributed by atoms with E-state index in [1.165, 1.54) is 10.4 Å². The lowest BCUT2D eigenvalue weighted by atomic mass is 9.97. The Balaban J connectivity index is 2.00. The maximum Gasteiger partial charge on any atom is 0.264 e. The number of amides is 1. The molecule has 3 heteroatoms. The van der Waals surface area contributed by atoms with Crippen molar-refractivity contribution in [3.05, 3.63) is 93.2 Å². The smallest absolute Gasteiger partial charge is 0.264 e. The highest BCUT2D eigenvalue weighted by molar-refractivity contribution is 7.14. The van der Waals surface area contributed by atoms with Crippen molar-refractivity contribution in [2.75, 3.05) is 7.05 Å². The first kappa shape index (κ1) is 16.5. The molecular weight excluding hydrogens is 314 g/mol. The van der Waals surface area contributed by atoms with E-state index in [-0.39, 0.29) is 11.9 Å². The third-order valence-electron chi connectivity index (χ3n) is 4.32. The molecule has 2 nitrogen and oxygen atoms in total. The lowest BCUT2D eigenvalue weighted by Crippen LogP contribution is -2.31. The van der Waals surface area contributed by atoms with Crippen molar-refractivity contribution in [2.45, 2.75) is 19.9 Å². The number of nitrogens with zero attached hydrogens (tertiary/aromatic N) is 1. The van der Waals surface area contributed by atoms with Crippen molar-refractivity contribution in [3.8, 4) is 0 Å². The first-order valence-electron chi connectivity index (χ1n) is 8.02. The first-order valence-corrected chi connectivity index (χ1v) is 8.83. The molecule has 0 aliphatic carbocycles. The molecule has 0 saturated carbocycles. The fourth-order valence-corrected chi connectivity index (χ4v) is 3.90. The van der Waals surface area contributed by atoms with Crippen molar-refractivity contribution < 1.29 is 4.79 Å². The normalized spacial score (nSPS) is 10.8. The Morgan fingerprint density at radius 3 is 1.83 bits per heavy atom. The second kappa shape index (κ2) is 7.02. The molecule has 0 aliphatic rings. The molecule has 1 heterocycles. The molecule has 122 valence electrons. The minimum atomic E-state index is -0.0948. The Hall–Kier alpha value is -2.39. The third kappa shape index (κ3) is 3.26. The largest absolute Gasteiger partial charge is 0.330 e. The summed E-state index contributed by atoms with van der Waals surface area (Å²) in [6, 6.07) is 22.3. The molecule has 3 rings (SSSR count). The van der Waals surface area contributed by atoms with E-state index < -0.39 is 0 Å². The summed E-state index contributed by atoms with van der Waals surface area (Å²) in [4.78, 5) is 16.9. The highest BCUT2D eigenvalue weighted by atomic mass is 32.1. The SMILES string of the molecule is Cc1cc(C(=O)N(C)C(c2ccccc2)c2ccccc2)sc1C. The molecule has 0 unspecified atom stereocenters. The summed E-state index contributed by atoms with van der Waals surface area (Å²) in [5.41, 5.74) is 3.40. The van der Waals surface area contributed by atoms with Crippen LogP contribution in [-0.2, 0) is 0 Å². The van der Waals surface area contributed by atoms with E-state index in [1.807, 2.05) is 54.4 Å². The monoisotopic (exact) mass is 335 g/mol. The number of thiophene rings is 1. The van der Waals surface area contributed by atoms with Gasteiger partial charge in [0.1, 0.15) is 0 Å². The van der Waals surface area contributed by atoms with Gasteiger partial charge < -0.3 is 4.90 Å². The van der Waals surface area contributed by atoms with Crippen molar-refractivity contribution in [1.82, 2.24) is 4.90 Å². The van der Waals surface area contributed by atoms with Crippen molar-refractivity contribution in [1.29, 1.82) is 0 Å². The zero-order valence-corrected chi connectivity index (χ0v) is 15.0. The average Bonchev–Trinajstić information content (AvgIpc) is 2.95. The molecule has 1 amide bonds. The summed E-state index contributed by atoms with van der Waals surface area (Å²) in [5.74, 6) is 0.0638. The Labute approximate surface area is 147 Å². The van der Waals surface area contributed by atoms with Gasteiger partial charge in [0.25, 0.3) is 5.91 Å². The molecule has 2 aromatic carbocycles. The van der Waals surface area contributed by atoms with E-state index in [2.05, 4.69) is 38.1 Å². The summed E-state index contributed by atoms with van der Waals surface area (Å²) >= 11 is 1.57. The Bertz CT molecular complexity index is 765. The van der Waals surface area contributed by atoms with E-state index in [1.54, 1.807) is 11.3 Å². The topological polar surface area (TPSA) is 20.3 Å². The Morgan fingerprint density at radius 1 is 0.917 bits per heavy atom. The van der Waals surface area contributed by atoms with Crippen LogP contribution in [0.25, 0.3) is 0 Å². The van der Waals surface area contributed by atoms with Crippen molar-refractivity contribution >= 4 is 17.2 Å². The lowest BCUT2D eigenvalue weighted by molar-refractivity contribution is 0.0760. The molecule has 3 aromatic rings. The lowest BCUT2D eigenvalue weighted by Gasteiger charge is -2.29. The van der Waals surface area contributed by atoms with Crippen LogP contribution in [0.15, 0.2) is 66.7 Å². The second-order valence-corrected chi connectivity index (χ2v) is 7.25. The summed E-state index contributed by atoms with van der Waals surface area (Å²) in [6.07, 6.45) is 0. The quantitative estimate of drug-likeness (QED) is 0.639. The van der Waals surface area contributed by atoms with Gasteiger partial charge in [0, 0.05) is 11.9 Å². The van der Waals surface area contributed by atoms with Crippen LogP contribution in [-0.4, -0.2) is 17.9 Å². The number of benzene rings is 2. The molecule has 1 aromatic heterocycles. The molecule has 0 saturated heterocycles.